The molecule has 0 saturated carbocycles. The van der Waals surface area contributed by atoms with E-state index in [1.165, 1.54) is 0 Å². The van der Waals surface area contributed by atoms with Crippen molar-refractivity contribution in [1.82, 2.24) is 10.2 Å². The zero-order chi connectivity index (χ0) is 23.3. The molecule has 1 amide bonds. The van der Waals surface area contributed by atoms with E-state index in [2.05, 4.69) is 5.32 Å². The van der Waals surface area contributed by atoms with E-state index in [1.54, 1.807) is 4.90 Å². The molecule has 2 aliphatic heterocycles. The molecule has 33 heavy (non-hydrogen) atoms. The number of rotatable bonds is 6. The molecule has 2 aliphatic rings. The van der Waals surface area contributed by atoms with Gasteiger partial charge in [-0.3, -0.25) is 0 Å². The van der Waals surface area contributed by atoms with E-state index in [1.807, 2.05) is 69.3 Å². The van der Waals surface area contributed by atoms with Gasteiger partial charge in [0.1, 0.15) is 30.7 Å². The van der Waals surface area contributed by atoms with Crippen LogP contribution in [-0.2, 0) is 11.3 Å². The Morgan fingerprint density at radius 3 is 2.58 bits per heavy atom. The summed E-state index contributed by atoms with van der Waals surface area (Å²) < 4.78 is 23.5. The van der Waals surface area contributed by atoms with Crippen LogP contribution in [0.3, 0.4) is 0 Å². The van der Waals surface area contributed by atoms with Gasteiger partial charge in [0.25, 0.3) is 0 Å². The van der Waals surface area contributed by atoms with Gasteiger partial charge in [0.2, 0.25) is 0 Å². The summed E-state index contributed by atoms with van der Waals surface area (Å²) in [6.45, 7) is 8.76. The van der Waals surface area contributed by atoms with Crippen LogP contribution in [0.1, 0.15) is 39.2 Å². The molecule has 1 saturated heterocycles. The van der Waals surface area contributed by atoms with Crippen molar-refractivity contribution in [2.24, 2.45) is 0 Å². The largest absolute Gasteiger partial charge is 0.489 e. The third-order valence-electron chi connectivity index (χ3n) is 5.66. The van der Waals surface area contributed by atoms with Gasteiger partial charge in [0.05, 0.1) is 0 Å². The number of benzene rings is 2. The van der Waals surface area contributed by atoms with E-state index in [4.69, 9.17) is 18.9 Å². The summed E-state index contributed by atoms with van der Waals surface area (Å²) >= 11 is 0. The first-order valence-electron chi connectivity index (χ1n) is 11.7. The predicted molar refractivity (Wildman–Crippen MR) is 126 cm³/mol. The number of amides is 1. The van der Waals surface area contributed by atoms with E-state index in [-0.39, 0.29) is 12.2 Å². The minimum Gasteiger partial charge on any atom is -0.489 e. The Hall–Kier alpha value is -2.93. The van der Waals surface area contributed by atoms with Crippen LogP contribution in [0.5, 0.6) is 17.2 Å². The highest BCUT2D eigenvalue weighted by molar-refractivity contribution is 5.68. The molecule has 7 nitrogen and oxygen atoms in total. The SMILES string of the molecule is CC(C)(C)OC(=O)N1CCC(NC[C@@H]2COc3ccc(OCc4ccccc4)cc3O2)CC1. The van der Waals surface area contributed by atoms with Gasteiger partial charge < -0.3 is 29.2 Å². The maximum absolute atomic E-state index is 12.2. The third-order valence-corrected chi connectivity index (χ3v) is 5.66. The lowest BCUT2D eigenvalue weighted by atomic mass is 10.1. The van der Waals surface area contributed by atoms with Crippen molar-refractivity contribution >= 4 is 6.09 Å². The lowest BCUT2D eigenvalue weighted by Gasteiger charge is -2.35. The van der Waals surface area contributed by atoms with Crippen LogP contribution in [-0.4, -0.2) is 55.0 Å². The normalized spacial score (nSPS) is 18.6. The van der Waals surface area contributed by atoms with Crippen LogP contribution in [0.2, 0.25) is 0 Å². The Morgan fingerprint density at radius 1 is 1.09 bits per heavy atom. The second-order valence-electron chi connectivity index (χ2n) is 9.58. The van der Waals surface area contributed by atoms with Crippen molar-refractivity contribution in [3.05, 3.63) is 54.1 Å². The molecule has 2 heterocycles. The van der Waals surface area contributed by atoms with Gasteiger partial charge in [-0.2, -0.15) is 0 Å². The van der Waals surface area contributed by atoms with E-state index in [0.29, 0.717) is 44.6 Å². The number of fused-ring (bicyclic) bond motifs is 1. The van der Waals surface area contributed by atoms with Gasteiger partial charge in [0, 0.05) is 31.7 Å². The second-order valence-corrected chi connectivity index (χ2v) is 9.58. The average Bonchev–Trinajstić information content (AvgIpc) is 2.81. The summed E-state index contributed by atoms with van der Waals surface area (Å²) in [6.07, 6.45) is 1.47. The van der Waals surface area contributed by atoms with E-state index in [0.717, 1.165) is 29.9 Å². The molecule has 1 fully saturated rings. The molecule has 2 aromatic rings. The topological polar surface area (TPSA) is 69.3 Å². The standard InChI is InChI=1S/C26H34N2O5/c1-26(2,3)33-25(29)28-13-11-20(12-14-28)27-16-22-18-31-23-10-9-21(15-24(23)32-22)30-17-19-7-5-4-6-8-19/h4-10,15,20,22,27H,11-14,16-18H2,1-3H3/t22-/m1/s1. The molecule has 0 aliphatic carbocycles. The lowest BCUT2D eigenvalue weighted by Crippen LogP contribution is -2.49. The zero-order valence-corrected chi connectivity index (χ0v) is 19.7. The number of likely N-dealkylation sites (tertiary alicyclic amines) is 1. The van der Waals surface area contributed by atoms with Crippen molar-refractivity contribution in [2.45, 2.75) is 58.0 Å². The summed E-state index contributed by atoms with van der Waals surface area (Å²) in [5, 5.41) is 3.58. The van der Waals surface area contributed by atoms with Crippen LogP contribution in [0.4, 0.5) is 4.79 Å². The van der Waals surface area contributed by atoms with Gasteiger partial charge in [-0.15, -0.1) is 0 Å². The number of piperidine rings is 1. The third kappa shape index (κ3) is 6.78. The van der Waals surface area contributed by atoms with Crippen molar-refractivity contribution in [3.8, 4) is 17.2 Å². The fourth-order valence-corrected chi connectivity index (χ4v) is 3.92. The number of carbonyl (C=O) groups excluding carboxylic acids is 1. The first kappa shape index (κ1) is 23.2. The van der Waals surface area contributed by atoms with Crippen LogP contribution in [0.25, 0.3) is 0 Å². The highest BCUT2D eigenvalue weighted by Crippen LogP contribution is 2.35. The molecular weight excluding hydrogens is 420 g/mol. The van der Waals surface area contributed by atoms with E-state index < -0.39 is 5.60 Å². The first-order valence-corrected chi connectivity index (χ1v) is 11.7. The fraction of sp³-hybridized carbons (Fsp3) is 0.500. The zero-order valence-electron chi connectivity index (χ0n) is 19.7. The Bertz CT molecular complexity index is 920. The minimum atomic E-state index is -0.465. The molecule has 0 radical (unpaired) electrons. The number of ether oxygens (including phenoxy) is 4. The molecule has 1 N–H and O–H groups in total. The monoisotopic (exact) mass is 454 g/mol. The van der Waals surface area contributed by atoms with Gasteiger partial charge in [-0.05, 0) is 51.3 Å². The Labute approximate surface area is 196 Å². The van der Waals surface area contributed by atoms with Gasteiger partial charge in [0.15, 0.2) is 11.5 Å². The summed E-state index contributed by atoms with van der Waals surface area (Å²) in [7, 11) is 0. The highest BCUT2D eigenvalue weighted by atomic mass is 16.6. The molecule has 7 heteroatoms. The average molecular weight is 455 g/mol. The number of hydrogen-bond donors (Lipinski definition) is 1. The Balaban J connectivity index is 1.22. The summed E-state index contributed by atoms with van der Waals surface area (Å²) in [4.78, 5) is 14.0. The molecule has 2 aromatic carbocycles. The Morgan fingerprint density at radius 2 is 1.85 bits per heavy atom. The molecule has 0 spiro atoms. The summed E-state index contributed by atoms with van der Waals surface area (Å²) in [6, 6.07) is 16.1. The van der Waals surface area contributed by atoms with E-state index in [9.17, 15) is 4.79 Å². The molecule has 1 atom stereocenters. The quantitative estimate of drug-likeness (QED) is 0.698. The van der Waals surface area contributed by atoms with Crippen LogP contribution < -0.4 is 19.5 Å². The molecule has 0 aromatic heterocycles. The predicted octanol–water partition coefficient (Wildman–Crippen LogP) is 4.39. The molecular formula is C26H34N2O5. The lowest BCUT2D eigenvalue weighted by molar-refractivity contribution is 0.0192. The minimum absolute atomic E-state index is 0.0780. The van der Waals surface area contributed by atoms with Crippen molar-refractivity contribution in [1.29, 1.82) is 0 Å². The highest BCUT2D eigenvalue weighted by Gasteiger charge is 2.28. The maximum Gasteiger partial charge on any atom is 0.410 e. The maximum atomic E-state index is 12.2. The summed E-state index contributed by atoms with van der Waals surface area (Å²) in [5.74, 6) is 2.20. The van der Waals surface area contributed by atoms with Crippen molar-refractivity contribution in [3.63, 3.8) is 0 Å². The molecule has 4 rings (SSSR count). The second kappa shape index (κ2) is 10.3. The molecule has 178 valence electrons. The fourth-order valence-electron chi connectivity index (χ4n) is 3.92. The number of carbonyl (C=O) groups is 1. The van der Waals surface area contributed by atoms with Crippen LogP contribution in [0, 0.1) is 0 Å². The summed E-state index contributed by atoms with van der Waals surface area (Å²) in [5.41, 5.74) is 0.653. The van der Waals surface area contributed by atoms with E-state index >= 15 is 0 Å². The molecule has 0 unspecified atom stereocenters. The van der Waals surface area contributed by atoms with Crippen molar-refractivity contribution < 1.29 is 23.7 Å². The van der Waals surface area contributed by atoms with Gasteiger partial charge >= 0.3 is 6.09 Å². The van der Waals surface area contributed by atoms with Gasteiger partial charge in [-0.25, -0.2) is 4.79 Å². The number of hydrogen-bond acceptors (Lipinski definition) is 6. The van der Waals surface area contributed by atoms with Crippen molar-refractivity contribution in [2.75, 3.05) is 26.2 Å². The van der Waals surface area contributed by atoms with Crippen LogP contribution >= 0.6 is 0 Å². The van der Waals surface area contributed by atoms with Crippen LogP contribution in [0.15, 0.2) is 48.5 Å². The van der Waals surface area contributed by atoms with Gasteiger partial charge in [-0.1, -0.05) is 30.3 Å². The Kier molecular flexibility index (Phi) is 7.28. The number of nitrogens with zero attached hydrogens (tertiary/aromatic N) is 1. The molecule has 0 bridgehead atoms. The first-order chi connectivity index (χ1) is 15.9. The number of nitrogens with one attached hydrogen (secondary N) is 1. The smallest absolute Gasteiger partial charge is 0.410 e.